The second kappa shape index (κ2) is 7.63. The van der Waals surface area contributed by atoms with Gasteiger partial charge in [-0.25, -0.2) is 0 Å². The van der Waals surface area contributed by atoms with E-state index in [-0.39, 0.29) is 11.9 Å². The van der Waals surface area contributed by atoms with Gasteiger partial charge in [-0.1, -0.05) is 36.0 Å². The predicted molar refractivity (Wildman–Crippen MR) is 97.7 cm³/mol. The fourth-order valence-corrected chi connectivity index (χ4v) is 3.88. The number of carbonyl (C=O) groups excluding carboxylic acids is 1. The van der Waals surface area contributed by atoms with E-state index in [1.54, 1.807) is 11.3 Å². The van der Waals surface area contributed by atoms with E-state index in [1.807, 2.05) is 66.3 Å². The third-order valence-electron chi connectivity index (χ3n) is 3.49. The Morgan fingerprint density at radius 3 is 2.75 bits per heavy atom. The van der Waals surface area contributed by atoms with Crippen molar-refractivity contribution in [2.24, 2.45) is 0 Å². The van der Waals surface area contributed by atoms with Gasteiger partial charge in [0.15, 0.2) is 5.16 Å². The summed E-state index contributed by atoms with van der Waals surface area (Å²) in [5.74, 6) is 1.10. The Bertz CT molecular complexity index is 799. The van der Waals surface area contributed by atoms with Gasteiger partial charge < -0.3 is 5.32 Å². The van der Waals surface area contributed by atoms with E-state index in [1.165, 1.54) is 11.8 Å². The van der Waals surface area contributed by atoms with Crippen LogP contribution in [-0.4, -0.2) is 26.4 Å². The molecular weight excluding hydrogens is 340 g/mol. The normalized spacial score (nSPS) is 12.1. The molecule has 0 aliphatic heterocycles. The van der Waals surface area contributed by atoms with Crippen LogP contribution in [0.15, 0.2) is 53.0 Å². The molecule has 1 N–H and O–H groups in total. The molecule has 0 bridgehead atoms. The molecule has 0 unspecified atom stereocenters. The molecule has 1 aromatic carbocycles. The summed E-state index contributed by atoms with van der Waals surface area (Å²) in [6.07, 6.45) is 0. The van der Waals surface area contributed by atoms with Crippen LogP contribution in [0.2, 0.25) is 0 Å². The predicted octanol–water partition coefficient (Wildman–Crippen LogP) is 3.61. The van der Waals surface area contributed by atoms with Crippen molar-refractivity contribution in [2.75, 3.05) is 5.75 Å². The van der Waals surface area contributed by atoms with Crippen LogP contribution in [0, 0.1) is 6.92 Å². The maximum absolute atomic E-state index is 12.2. The number of thioether (sulfide) groups is 1. The number of rotatable bonds is 6. The number of thiophene rings is 1. The first kappa shape index (κ1) is 16.7. The maximum atomic E-state index is 12.2. The fraction of sp³-hybridized carbons (Fsp3) is 0.235. The molecule has 0 aliphatic carbocycles. The largest absolute Gasteiger partial charge is 0.348 e. The Labute approximate surface area is 149 Å². The average molecular weight is 358 g/mol. The lowest BCUT2D eigenvalue weighted by Gasteiger charge is -2.12. The van der Waals surface area contributed by atoms with E-state index in [4.69, 9.17) is 0 Å². The van der Waals surface area contributed by atoms with E-state index in [2.05, 4.69) is 15.5 Å². The highest BCUT2D eigenvalue weighted by Gasteiger charge is 2.15. The fourth-order valence-electron chi connectivity index (χ4n) is 2.33. The SMILES string of the molecule is Cc1nnc(SCC(=O)N[C@@H](C)c2cccs2)n1-c1ccccc1. The summed E-state index contributed by atoms with van der Waals surface area (Å²) < 4.78 is 1.96. The number of aromatic nitrogens is 3. The Balaban J connectivity index is 1.64. The second-order valence-electron chi connectivity index (χ2n) is 5.29. The van der Waals surface area contributed by atoms with Crippen molar-refractivity contribution in [3.05, 3.63) is 58.5 Å². The summed E-state index contributed by atoms with van der Waals surface area (Å²) in [6.45, 7) is 3.90. The van der Waals surface area contributed by atoms with E-state index in [0.29, 0.717) is 5.75 Å². The summed E-state index contributed by atoms with van der Waals surface area (Å²) in [7, 11) is 0. The van der Waals surface area contributed by atoms with Crippen molar-refractivity contribution >= 4 is 29.0 Å². The number of nitrogens with one attached hydrogen (secondary N) is 1. The monoisotopic (exact) mass is 358 g/mol. The van der Waals surface area contributed by atoms with Gasteiger partial charge in [0, 0.05) is 10.6 Å². The first-order valence-corrected chi connectivity index (χ1v) is 9.44. The minimum absolute atomic E-state index is 0.0128. The minimum Gasteiger partial charge on any atom is -0.348 e. The number of nitrogens with zero attached hydrogens (tertiary/aromatic N) is 3. The molecular formula is C17H18N4OS2. The molecule has 7 heteroatoms. The molecule has 0 spiro atoms. The van der Waals surface area contributed by atoms with Gasteiger partial charge in [0.2, 0.25) is 5.91 Å². The van der Waals surface area contributed by atoms with Crippen LogP contribution >= 0.6 is 23.1 Å². The number of hydrogen-bond acceptors (Lipinski definition) is 5. The van der Waals surface area contributed by atoms with E-state index >= 15 is 0 Å². The standard InChI is InChI=1S/C17H18N4OS2/c1-12(15-9-6-10-23-15)18-16(22)11-24-17-20-19-13(2)21(17)14-7-4-3-5-8-14/h3-10,12H,11H2,1-2H3,(H,18,22)/t12-/m0/s1. The third kappa shape index (κ3) is 3.85. The summed E-state index contributed by atoms with van der Waals surface area (Å²) in [5.41, 5.74) is 0.995. The smallest absolute Gasteiger partial charge is 0.230 e. The highest BCUT2D eigenvalue weighted by molar-refractivity contribution is 7.99. The number of amides is 1. The van der Waals surface area contributed by atoms with Gasteiger partial charge in [0.25, 0.3) is 0 Å². The molecule has 0 radical (unpaired) electrons. The molecule has 0 fully saturated rings. The molecule has 3 aromatic rings. The van der Waals surface area contributed by atoms with Crippen LogP contribution in [0.1, 0.15) is 23.7 Å². The first-order chi connectivity index (χ1) is 11.6. The summed E-state index contributed by atoms with van der Waals surface area (Å²) in [5, 5.41) is 14.1. The van der Waals surface area contributed by atoms with Crippen LogP contribution in [0.3, 0.4) is 0 Å². The zero-order chi connectivity index (χ0) is 16.9. The Hall–Kier alpha value is -2.12. The highest BCUT2D eigenvalue weighted by Crippen LogP contribution is 2.22. The quantitative estimate of drug-likeness (QED) is 0.684. The Morgan fingerprint density at radius 1 is 1.25 bits per heavy atom. The van der Waals surface area contributed by atoms with Gasteiger partial charge in [-0.3, -0.25) is 9.36 Å². The van der Waals surface area contributed by atoms with Gasteiger partial charge in [0.1, 0.15) is 5.82 Å². The number of benzene rings is 1. The van der Waals surface area contributed by atoms with Gasteiger partial charge >= 0.3 is 0 Å². The molecule has 5 nitrogen and oxygen atoms in total. The lowest BCUT2D eigenvalue weighted by molar-refractivity contribution is -0.119. The van der Waals surface area contributed by atoms with Gasteiger partial charge in [-0.05, 0) is 37.4 Å². The Morgan fingerprint density at radius 2 is 2.04 bits per heavy atom. The topological polar surface area (TPSA) is 59.8 Å². The maximum Gasteiger partial charge on any atom is 0.230 e. The lowest BCUT2D eigenvalue weighted by atomic mass is 10.3. The zero-order valence-corrected chi connectivity index (χ0v) is 15.1. The van der Waals surface area contributed by atoms with Gasteiger partial charge in [0.05, 0.1) is 11.8 Å². The zero-order valence-electron chi connectivity index (χ0n) is 13.5. The second-order valence-corrected chi connectivity index (χ2v) is 7.22. The number of para-hydroxylation sites is 1. The summed E-state index contributed by atoms with van der Waals surface area (Å²) >= 11 is 3.03. The van der Waals surface area contributed by atoms with Crippen LogP contribution in [-0.2, 0) is 4.79 Å². The van der Waals surface area contributed by atoms with Crippen molar-refractivity contribution in [3.8, 4) is 5.69 Å². The average Bonchev–Trinajstić information content (AvgIpc) is 3.23. The van der Waals surface area contributed by atoms with Crippen molar-refractivity contribution < 1.29 is 4.79 Å². The number of carbonyl (C=O) groups is 1. The van der Waals surface area contributed by atoms with Crippen molar-refractivity contribution in [2.45, 2.75) is 25.0 Å². The van der Waals surface area contributed by atoms with Crippen LogP contribution < -0.4 is 5.32 Å². The number of aryl methyl sites for hydroxylation is 1. The summed E-state index contributed by atoms with van der Waals surface area (Å²) in [6, 6.07) is 13.9. The van der Waals surface area contributed by atoms with E-state index in [9.17, 15) is 4.79 Å². The van der Waals surface area contributed by atoms with Crippen LogP contribution in [0.4, 0.5) is 0 Å². The van der Waals surface area contributed by atoms with Crippen molar-refractivity contribution in [1.29, 1.82) is 0 Å². The Kier molecular flexibility index (Phi) is 5.32. The summed E-state index contributed by atoms with van der Waals surface area (Å²) in [4.78, 5) is 13.3. The van der Waals surface area contributed by atoms with Crippen LogP contribution in [0.5, 0.6) is 0 Å². The molecule has 2 aromatic heterocycles. The molecule has 24 heavy (non-hydrogen) atoms. The van der Waals surface area contributed by atoms with Crippen molar-refractivity contribution in [3.63, 3.8) is 0 Å². The lowest BCUT2D eigenvalue weighted by Crippen LogP contribution is -2.27. The van der Waals surface area contributed by atoms with Crippen molar-refractivity contribution in [1.82, 2.24) is 20.1 Å². The molecule has 0 saturated carbocycles. The molecule has 0 saturated heterocycles. The van der Waals surface area contributed by atoms with Gasteiger partial charge in [-0.2, -0.15) is 0 Å². The molecule has 1 atom stereocenters. The third-order valence-corrected chi connectivity index (χ3v) is 5.47. The molecule has 3 rings (SSSR count). The highest BCUT2D eigenvalue weighted by atomic mass is 32.2. The van der Waals surface area contributed by atoms with E-state index in [0.717, 1.165) is 21.5 Å². The number of hydrogen-bond donors (Lipinski definition) is 1. The molecule has 0 aliphatic rings. The molecule has 1 amide bonds. The minimum atomic E-state index is -0.0128. The molecule has 124 valence electrons. The van der Waals surface area contributed by atoms with E-state index < -0.39 is 0 Å². The first-order valence-electron chi connectivity index (χ1n) is 7.58. The van der Waals surface area contributed by atoms with Crippen LogP contribution in [0.25, 0.3) is 5.69 Å². The molecule has 2 heterocycles. The van der Waals surface area contributed by atoms with Gasteiger partial charge in [-0.15, -0.1) is 21.5 Å².